The fraction of sp³-hybridized carbons (Fsp3) is 0.625. The van der Waals surface area contributed by atoms with Crippen molar-refractivity contribution < 1.29 is 9.16 Å². The normalized spacial score (nSPS) is 30.7. The smallest absolute Gasteiger partial charge is 0.187 e. The molecule has 0 unspecified atom stereocenters. The quantitative estimate of drug-likeness (QED) is 0.594. The third-order valence-corrected chi connectivity index (χ3v) is 5.08. The molecule has 2 rings (SSSR count). The molecule has 2 atom stereocenters. The van der Waals surface area contributed by atoms with E-state index in [2.05, 4.69) is 63.8 Å². The number of methoxy groups -OCH3 is 1. The number of hydrogen-bond donors (Lipinski definition) is 0. The average Bonchev–Trinajstić information content (AvgIpc) is 2.99. The Kier molecular flexibility index (Phi) is 3.67. The Morgan fingerprint density at radius 3 is 2.11 bits per heavy atom. The monoisotopic (exact) mass is 278 g/mol. The standard InChI is InChI=1S/C16H26O2Si/c1-13(2)15(14-10-8-7-9-11-14)12-16(15,17-3)18-19(4,5)6/h7-11,13H,12H2,1-6H3/t15-,16+/m0/s1. The van der Waals surface area contributed by atoms with E-state index < -0.39 is 14.1 Å². The lowest BCUT2D eigenvalue weighted by atomic mass is 9.84. The molecule has 1 fully saturated rings. The second-order valence-electron chi connectivity index (χ2n) is 6.84. The predicted octanol–water partition coefficient (Wildman–Crippen LogP) is 4.18. The summed E-state index contributed by atoms with van der Waals surface area (Å²) in [6.45, 7) is 11.2. The molecule has 0 heterocycles. The summed E-state index contributed by atoms with van der Waals surface area (Å²) >= 11 is 0. The van der Waals surface area contributed by atoms with Gasteiger partial charge in [-0.1, -0.05) is 44.2 Å². The van der Waals surface area contributed by atoms with Gasteiger partial charge in [0.2, 0.25) is 0 Å². The lowest BCUT2D eigenvalue weighted by Gasteiger charge is -2.33. The van der Waals surface area contributed by atoms with Crippen LogP contribution in [-0.2, 0) is 14.6 Å². The van der Waals surface area contributed by atoms with Gasteiger partial charge >= 0.3 is 0 Å². The number of rotatable bonds is 5. The second kappa shape index (κ2) is 4.72. The summed E-state index contributed by atoms with van der Waals surface area (Å²) in [5.74, 6) is 0.0682. The van der Waals surface area contributed by atoms with Crippen LogP contribution in [0.4, 0.5) is 0 Å². The Balaban J connectivity index is 2.40. The molecule has 106 valence electrons. The van der Waals surface area contributed by atoms with Crippen LogP contribution in [-0.4, -0.2) is 21.2 Å². The molecule has 19 heavy (non-hydrogen) atoms. The number of ether oxygens (including phenoxy) is 1. The van der Waals surface area contributed by atoms with Crippen molar-refractivity contribution in [1.82, 2.24) is 0 Å². The highest BCUT2D eigenvalue weighted by Crippen LogP contribution is 2.65. The zero-order chi connectivity index (χ0) is 14.3. The van der Waals surface area contributed by atoms with Crippen molar-refractivity contribution >= 4 is 8.32 Å². The minimum atomic E-state index is -1.64. The van der Waals surface area contributed by atoms with Crippen LogP contribution in [0.2, 0.25) is 19.6 Å². The van der Waals surface area contributed by atoms with Crippen LogP contribution in [0.3, 0.4) is 0 Å². The van der Waals surface area contributed by atoms with E-state index in [4.69, 9.17) is 9.16 Å². The summed E-state index contributed by atoms with van der Waals surface area (Å²) < 4.78 is 12.3. The van der Waals surface area contributed by atoms with Gasteiger partial charge in [-0.25, -0.2) is 0 Å². The van der Waals surface area contributed by atoms with Crippen LogP contribution in [0.1, 0.15) is 25.8 Å². The van der Waals surface area contributed by atoms with Gasteiger partial charge in [-0.05, 0) is 31.1 Å². The summed E-state index contributed by atoms with van der Waals surface area (Å²) in [5, 5.41) is 0. The van der Waals surface area contributed by atoms with Gasteiger partial charge < -0.3 is 9.16 Å². The van der Waals surface area contributed by atoms with Crippen molar-refractivity contribution in [2.75, 3.05) is 7.11 Å². The summed E-state index contributed by atoms with van der Waals surface area (Å²) in [6.07, 6.45) is 0.961. The van der Waals surface area contributed by atoms with Gasteiger partial charge in [0.05, 0.1) is 5.41 Å². The van der Waals surface area contributed by atoms with E-state index in [1.54, 1.807) is 7.11 Å². The van der Waals surface area contributed by atoms with Gasteiger partial charge in [0.1, 0.15) is 0 Å². The van der Waals surface area contributed by atoms with E-state index in [9.17, 15) is 0 Å². The molecular formula is C16H26O2Si. The summed E-state index contributed by atoms with van der Waals surface area (Å²) in [6, 6.07) is 10.7. The van der Waals surface area contributed by atoms with Crippen molar-refractivity contribution in [2.24, 2.45) is 5.92 Å². The second-order valence-corrected chi connectivity index (χ2v) is 11.3. The average molecular weight is 278 g/mol. The van der Waals surface area contributed by atoms with Gasteiger partial charge in [-0.3, -0.25) is 0 Å². The van der Waals surface area contributed by atoms with Gasteiger partial charge in [0.15, 0.2) is 14.1 Å². The Morgan fingerprint density at radius 1 is 1.11 bits per heavy atom. The van der Waals surface area contributed by atoms with E-state index in [0.29, 0.717) is 5.92 Å². The van der Waals surface area contributed by atoms with Gasteiger partial charge in [-0.2, -0.15) is 0 Å². The molecule has 0 amide bonds. The van der Waals surface area contributed by atoms with Gasteiger partial charge in [0.25, 0.3) is 0 Å². The minimum absolute atomic E-state index is 0.00326. The first-order valence-corrected chi connectivity index (χ1v) is 10.5. The third-order valence-electron chi connectivity index (χ3n) is 4.14. The third kappa shape index (κ3) is 2.39. The molecule has 0 saturated heterocycles. The molecule has 0 aliphatic heterocycles. The minimum Gasteiger partial charge on any atom is -0.390 e. The summed E-state index contributed by atoms with van der Waals surface area (Å²) in [7, 11) is 0.141. The SMILES string of the molecule is CO[C@@]1(O[Si](C)(C)C)C[C@@]1(c1ccccc1)C(C)C. The van der Waals surface area contributed by atoms with E-state index in [1.807, 2.05) is 0 Å². The molecule has 2 nitrogen and oxygen atoms in total. The fourth-order valence-electron chi connectivity index (χ4n) is 3.28. The van der Waals surface area contributed by atoms with E-state index in [0.717, 1.165) is 6.42 Å². The first kappa shape index (κ1) is 14.8. The van der Waals surface area contributed by atoms with Crippen LogP contribution in [0.25, 0.3) is 0 Å². The van der Waals surface area contributed by atoms with Crippen LogP contribution >= 0.6 is 0 Å². The van der Waals surface area contributed by atoms with Gasteiger partial charge in [-0.15, -0.1) is 0 Å². The predicted molar refractivity (Wildman–Crippen MR) is 81.7 cm³/mol. The van der Waals surface area contributed by atoms with Crippen molar-refractivity contribution in [3.05, 3.63) is 35.9 Å². The molecule has 1 aliphatic rings. The maximum Gasteiger partial charge on any atom is 0.187 e. The fourth-order valence-corrected chi connectivity index (χ4v) is 4.60. The molecule has 0 bridgehead atoms. The number of benzene rings is 1. The van der Waals surface area contributed by atoms with E-state index in [-0.39, 0.29) is 5.41 Å². The van der Waals surface area contributed by atoms with Crippen molar-refractivity contribution in [3.63, 3.8) is 0 Å². The van der Waals surface area contributed by atoms with Crippen LogP contribution < -0.4 is 0 Å². The molecule has 0 spiro atoms. The molecule has 1 saturated carbocycles. The molecule has 0 N–H and O–H groups in total. The zero-order valence-corrected chi connectivity index (χ0v) is 14.0. The first-order chi connectivity index (χ1) is 8.77. The largest absolute Gasteiger partial charge is 0.390 e. The molecule has 1 aromatic carbocycles. The Morgan fingerprint density at radius 2 is 1.68 bits per heavy atom. The van der Waals surface area contributed by atoms with Crippen molar-refractivity contribution in [3.8, 4) is 0 Å². The van der Waals surface area contributed by atoms with Crippen LogP contribution in [0, 0.1) is 5.92 Å². The molecule has 0 radical (unpaired) electrons. The first-order valence-electron chi connectivity index (χ1n) is 7.08. The Bertz CT molecular complexity index is 438. The summed E-state index contributed by atoms with van der Waals surface area (Å²) in [4.78, 5) is 0. The van der Waals surface area contributed by atoms with Gasteiger partial charge in [0, 0.05) is 13.5 Å². The maximum atomic E-state index is 6.43. The van der Waals surface area contributed by atoms with Crippen LogP contribution in [0.15, 0.2) is 30.3 Å². The molecule has 0 aromatic heterocycles. The molecule has 1 aromatic rings. The lowest BCUT2D eigenvalue weighted by molar-refractivity contribution is -0.110. The lowest BCUT2D eigenvalue weighted by Crippen LogP contribution is -2.41. The van der Waals surface area contributed by atoms with E-state index >= 15 is 0 Å². The highest BCUT2D eigenvalue weighted by molar-refractivity contribution is 6.69. The highest BCUT2D eigenvalue weighted by atomic mass is 28.4. The highest BCUT2D eigenvalue weighted by Gasteiger charge is 2.72. The number of hydrogen-bond acceptors (Lipinski definition) is 2. The van der Waals surface area contributed by atoms with Crippen molar-refractivity contribution in [2.45, 2.75) is 51.1 Å². The Labute approximate surface area is 118 Å². The van der Waals surface area contributed by atoms with Crippen LogP contribution in [0.5, 0.6) is 0 Å². The Hall–Kier alpha value is -0.643. The molecule has 1 aliphatic carbocycles. The zero-order valence-electron chi connectivity index (χ0n) is 13.0. The topological polar surface area (TPSA) is 18.5 Å². The van der Waals surface area contributed by atoms with Crippen molar-refractivity contribution in [1.29, 1.82) is 0 Å². The maximum absolute atomic E-state index is 6.43. The molecular weight excluding hydrogens is 252 g/mol. The molecule has 3 heteroatoms. The van der Waals surface area contributed by atoms with E-state index in [1.165, 1.54) is 5.56 Å². The summed E-state index contributed by atoms with van der Waals surface area (Å²) in [5.41, 5.74) is 1.34.